The lowest BCUT2D eigenvalue weighted by atomic mass is 10.1. The molecule has 1 heterocycles. The zero-order chi connectivity index (χ0) is 16.7. The van der Waals surface area contributed by atoms with Crippen LogP contribution < -0.4 is 10.6 Å². The molecule has 0 saturated heterocycles. The second kappa shape index (κ2) is 7.79. The van der Waals surface area contributed by atoms with Gasteiger partial charge >= 0.3 is 0 Å². The van der Waals surface area contributed by atoms with E-state index in [-0.39, 0.29) is 11.6 Å². The maximum Gasteiger partial charge on any atom is 0.268 e. The predicted octanol–water partition coefficient (Wildman–Crippen LogP) is 2.66. The molecule has 118 valence electrons. The number of hydrogen-bond donors (Lipinski definition) is 2. The highest BCUT2D eigenvalue weighted by atomic mass is 16.3. The maximum absolute atomic E-state index is 12.3. The summed E-state index contributed by atoms with van der Waals surface area (Å²) < 4.78 is 5.19. The third kappa shape index (κ3) is 4.71. The first-order valence-corrected chi connectivity index (χ1v) is 7.12. The van der Waals surface area contributed by atoms with Gasteiger partial charge in [-0.15, -0.1) is 6.58 Å². The second-order valence-corrected chi connectivity index (χ2v) is 4.89. The van der Waals surface area contributed by atoms with Gasteiger partial charge < -0.3 is 15.1 Å². The van der Waals surface area contributed by atoms with Crippen molar-refractivity contribution in [1.82, 2.24) is 10.6 Å². The summed E-state index contributed by atoms with van der Waals surface area (Å²) in [6.07, 6.45) is 4.53. The lowest BCUT2D eigenvalue weighted by molar-refractivity contribution is -0.117. The molecule has 0 aliphatic heterocycles. The van der Waals surface area contributed by atoms with Crippen molar-refractivity contribution in [3.8, 4) is 0 Å². The van der Waals surface area contributed by atoms with Crippen molar-refractivity contribution in [1.29, 1.82) is 0 Å². The Morgan fingerprint density at radius 2 is 1.96 bits per heavy atom. The summed E-state index contributed by atoms with van der Waals surface area (Å²) in [5.41, 5.74) is 1.63. The molecule has 0 bridgehead atoms. The summed E-state index contributed by atoms with van der Waals surface area (Å²) in [6, 6.07) is 10.5. The van der Waals surface area contributed by atoms with Crippen LogP contribution in [0.4, 0.5) is 0 Å². The van der Waals surface area contributed by atoms with Crippen molar-refractivity contribution in [2.24, 2.45) is 0 Å². The average molecular weight is 310 g/mol. The number of carbonyl (C=O) groups excluding carboxylic acids is 2. The summed E-state index contributed by atoms with van der Waals surface area (Å²) in [4.78, 5) is 24.5. The van der Waals surface area contributed by atoms with Gasteiger partial charge in [-0.2, -0.15) is 0 Å². The number of nitrogens with one attached hydrogen (secondary N) is 2. The summed E-state index contributed by atoms with van der Waals surface area (Å²) in [7, 11) is 0. The Kier molecular flexibility index (Phi) is 5.52. The molecule has 0 unspecified atom stereocenters. The van der Waals surface area contributed by atoms with Crippen molar-refractivity contribution in [3.05, 3.63) is 77.9 Å². The van der Waals surface area contributed by atoms with Crippen molar-refractivity contribution >= 4 is 17.9 Å². The molecule has 0 atom stereocenters. The molecule has 0 fully saturated rings. The largest absolute Gasteiger partial charge is 0.465 e. The van der Waals surface area contributed by atoms with E-state index in [0.717, 1.165) is 5.56 Å². The van der Waals surface area contributed by atoms with Gasteiger partial charge in [0.05, 0.1) is 6.26 Å². The SMILES string of the molecule is C=CCNC(=O)/C(=C\c1ccco1)NC(=O)c1ccc(C)cc1. The van der Waals surface area contributed by atoms with Gasteiger partial charge in [-0.25, -0.2) is 0 Å². The Balaban J connectivity index is 2.19. The molecule has 2 aromatic rings. The number of benzene rings is 1. The minimum Gasteiger partial charge on any atom is -0.465 e. The van der Waals surface area contributed by atoms with Gasteiger partial charge in [0.25, 0.3) is 11.8 Å². The molecule has 23 heavy (non-hydrogen) atoms. The molecule has 0 aliphatic carbocycles. The quantitative estimate of drug-likeness (QED) is 0.636. The van der Waals surface area contributed by atoms with Gasteiger partial charge in [-0.05, 0) is 31.2 Å². The molecule has 5 nitrogen and oxygen atoms in total. The summed E-state index contributed by atoms with van der Waals surface area (Å²) in [5, 5.41) is 5.24. The van der Waals surface area contributed by atoms with E-state index in [1.54, 1.807) is 30.3 Å². The van der Waals surface area contributed by atoms with Crippen molar-refractivity contribution in [2.75, 3.05) is 6.54 Å². The second-order valence-electron chi connectivity index (χ2n) is 4.89. The van der Waals surface area contributed by atoms with E-state index < -0.39 is 5.91 Å². The van der Waals surface area contributed by atoms with Gasteiger partial charge in [-0.3, -0.25) is 9.59 Å². The Hall–Kier alpha value is -3.08. The van der Waals surface area contributed by atoms with E-state index in [9.17, 15) is 9.59 Å². The van der Waals surface area contributed by atoms with Crippen LogP contribution in [-0.2, 0) is 4.79 Å². The zero-order valence-corrected chi connectivity index (χ0v) is 12.8. The molecule has 2 rings (SSSR count). The minimum atomic E-state index is -0.415. The van der Waals surface area contributed by atoms with Crippen LogP contribution in [0, 0.1) is 6.92 Å². The molecule has 1 aromatic heterocycles. The average Bonchev–Trinajstić information content (AvgIpc) is 3.05. The monoisotopic (exact) mass is 310 g/mol. The fourth-order valence-electron chi connectivity index (χ4n) is 1.83. The van der Waals surface area contributed by atoms with Crippen LogP contribution in [0.3, 0.4) is 0 Å². The molecule has 0 radical (unpaired) electrons. The molecule has 1 aromatic carbocycles. The fraction of sp³-hybridized carbons (Fsp3) is 0.111. The maximum atomic E-state index is 12.3. The van der Waals surface area contributed by atoms with E-state index in [2.05, 4.69) is 17.2 Å². The Morgan fingerprint density at radius 3 is 2.57 bits per heavy atom. The summed E-state index contributed by atoms with van der Waals surface area (Å²) >= 11 is 0. The highest BCUT2D eigenvalue weighted by Crippen LogP contribution is 2.08. The topological polar surface area (TPSA) is 71.3 Å². The van der Waals surface area contributed by atoms with E-state index in [1.165, 1.54) is 12.3 Å². The van der Waals surface area contributed by atoms with Crippen LogP contribution in [0.2, 0.25) is 0 Å². The summed E-state index contributed by atoms with van der Waals surface area (Å²) in [6.45, 7) is 5.78. The molecular formula is C18H18N2O3. The molecule has 0 aliphatic rings. The number of rotatable bonds is 6. The van der Waals surface area contributed by atoms with Crippen LogP contribution >= 0.6 is 0 Å². The van der Waals surface area contributed by atoms with Gasteiger partial charge in [0.1, 0.15) is 11.5 Å². The fourth-order valence-corrected chi connectivity index (χ4v) is 1.83. The van der Waals surface area contributed by atoms with Crippen LogP contribution in [0.25, 0.3) is 6.08 Å². The van der Waals surface area contributed by atoms with Crippen molar-refractivity contribution < 1.29 is 14.0 Å². The van der Waals surface area contributed by atoms with Gasteiger partial charge in [0.2, 0.25) is 0 Å². The summed E-state index contributed by atoms with van der Waals surface area (Å²) in [5.74, 6) is -0.309. The molecule has 2 amide bonds. The number of furan rings is 1. The molecule has 5 heteroatoms. The molecular weight excluding hydrogens is 292 g/mol. The minimum absolute atomic E-state index is 0.104. The van der Waals surface area contributed by atoms with Gasteiger partial charge in [0, 0.05) is 18.2 Å². The number of amides is 2. The van der Waals surface area contributed by atoms with E-state index in [1.807, 2.05) is 19.1 Å². The van der Waals surface area contributed by atoms with Crippen molar-refractivity contribution in [2.45, 2.75) is 6.92 Å². The van der Waals surface area contributed by atoms with Crippen LogP contribution in [0.5, 0.6) is 0 Å². The van der Waals surface area contributed by atoms with E-state index >= 15 is 0 Å². The first-order chi connectivity index (χ1) is 11.1. The Morgan fingerprint density at radius 1 is 1.22 bits per heavy atom. The van der Waals surface area contributed by atoms with Crippen molar-refractivity contribution in [3.63, 3.8) is 0 Å². The lowest BCUT2D eigenvalue weighted by Gasteiger charge is -2.10. The molecule has 0 spiro atoms. The molecule has 0 saturated carbocycles. The first kappa shape index (κ1) is 16.3. The zero-order valence-electron chi connectivity index (χ0n) is 12.8. The van der Waals surface area contributed by atoms with E-state index in [4.69, 9.17) is 4.42 Å². The molecule has 2 N–H and O–H groups in total. The van der Waals surface area contributed by atoms with Crippen LogP contribution in [0.15, 0.2) is 65.4 Å². The Labute approximate surface area is 134 Å². The number of hydrogen-bond acceptors (Lipinski definition) is 3. The van der Waals surface area contributed by atoms with Crippen LogP contribution in [-0.4, -0.2) is 18.4 Å². The number of aryl methyl sites for hydroxylation is 1. The Bertz CT molecular complexity index is 713. The normalized spacial score (nSPS) is 10.9. The smallest absolute Gasteiger partial charge is 0.268 e. The highest BCUT2D eigenvalue weighted by molar-refractivity contribution is 6.05. The number of carbonyl (C=O) groups is 2. The van der Waals surface area contributed by atoms with Crippen LogP contribution in [0.1, 0.15) is 21.7 Å². The lowest BCUT2D eigenvalue weighted by Crippen LogP contribution is -2.34. The first-order valence-electron chi connectivity index (χ1n) is 7.12. The highest BCUT2D eigenvalue weighted by Gasteiger charge is 2.14. The van der Waals surface area contributed by atoms with Gasteiger partial charge in [-0.1, -0.05) is 23.8 Å². The predicted molar refractivity (Wildman–Crippen MR) is 88.5 cm³/mol. The third-order valence-corrected chi connectivity index (χ3v) is 3.04. The van der Waals surface area contributed by atoms with Gasteiger partial charge in [0.15, 0.2) is 0 Å². The standard InChI is InChI=1S/C18H18N2O3/c1-3-10-19-18(22)16(12-15-5-4-11-23-15)20-17(21)14-8-6-13(2)7-9-14/h3-9,11-12H,1,10H2,2H3,(H,19,22)(H,20,21)/b16-12+. The third-order valence-electron chi connectivity index (χ3n) is 3.04. The van der Waals surface area contributed by atoms with E-state index in [0.29, 0.717) is 17.9 Å².